The highest BCUT2D eigenvalue weighted by Gasteiger charge is 2.08. The summed E-state index contributed by atoms with van der Waals surface area (Å²) in [7, 11) is 0. The Labute approximate surface area is 114 Å². The van der Waals surface area contributed by atoms with Crippen LogP contribution < -0.4 is 11.1 Å². The molecule has 0 spiro atoms. The van der Waals surface area contributed by atoms with Crippen LogP contribution in [0, 0.1) is 0 Å². The largest absolute Gasteiger partial charge is 0.443 e. The molecule has 100 valence electrons. The number of hydrogen-bond donors (Lipinski definition) is 2. The van der Waals surface area contributed by atoms with Crippen LogP contribution in [0.15, 0.2) is 47.3 Å². The molecule has 0 aliphatic rings. The number of pyridine rings is 1. The Morgan fingerprint density at radius 1 is 1.25 bits per heavy atom. The van der Waals surface area contributed by atoms with Crippen molar-refractivity contribution in [3.05, 3.63) is 54.2 Å². The maximum atomic E-state index is 12.1. The van der Waals surface area contributed by atoms with Crippen LogP contribution in [0.1, 0.15) is 16.1 Å². The minimum absolute atomic E-state index is 0.221. The molecule has 0 saturated carbocycles. The van der Waals surface area contributed by atoms with E-state index in [2.05, 4.69) is 15.3 Å². The van der Waals surface area contributed by atoms with Crippen molar-refractivity contribution < 1.29 is 9.21 Å². The molecule has 6 heteroatoms. The van der Waals surface area contributed by atoms with Gasteiger partial charge in [0.15, 0.2) is 12.0 Å². The number of anilines is 1. The summed E-state index contributed by atoms with van der Waals surface area (Å²) in [5.41, 5.74) is 8.71. The Balaban J connectivity index is 1.83. The van der Waals surface area contributed by atoms with Gasteiger partial charge in [-0.1, -0.05) is 0 Å². The summed E-state index contributed by atoms with van der Waals surface area (Å²) in [4.78, 5) is 20.2. The summed E-state index contributed by atoms with van der Waals surface area (Å²) in [6.07, 6.45) is 2.93. The van der Waals surface area contributed by atoms with Gasteiger partial charge in [-0.2, -0.15) is 0 Å². The third-order valence-corrected chi connectivity index (χ3v) is 2.88. The lowest BCUT2D eigenvalue weighted by Crippen LogP contribution is -2.13. The number of benzene rings is 1. The van der Waals surface area contributed by atoms with Crippen LogP contribution in [0.5, 0.6) is 0 Å². The number of rotatable bonds is 3. The van der Waals surface area contributed by atoms with Crippen molar-refractivity contribution in [3.63, 3.8) is 0 Å². The fraction of sp³-hybridized carbons (Fsp3) is 0.0714. The van der Waals surface area contributed by atoms with Crippen molar-refractivity contribution in [2.45, 2.75) is 6.54 Å². The van der Waals surface area contributed by atoms with E-state index in [0.29, 0.717) is 29.1 Å². The molecule has 3 rings (SSSR count). The quantitative estimate of drug-likeness (QED) is 0.757. The molecule has 0 aliphatic carbocycles. The van der Waals surface area contributed by atoms with Crippen LogP contribution in [0.4, 0.5) is 5.69 Å². The molecule has 0 saturated heterocycles. The molecule has 0 fully saturated rings. The van der Waals surface area contributed by atoms with E-state index in [0.717, 1.165) is 5.52 Å². The molecule has 3 aromatic rings. The average Bonchev–Trinajstić information content (AvgIpc) is 2.95. The van der Waals surface area contributed by atoms with Crippen molar-refractivity contribution in [1.29, 1.82) is 0 Å². The molecule has 1 amide bonds. The van der Waals surface area contributed by atoms with Gasteiger partial charge in [0.2, 0.25) is 0 Å². The van der Waals surface area contributed by atoms with Crippen LogP contribution in [-0.4, -0.2) is 15.9 Å². The third-order valence-electron chi connectivity index (χ3n) is 2.88. The zero-order chi connectivity index (χ0) is 13.9. The SMILES string of the molecule is NCc1cc(C(=O)Nc2ccc3ncoc3c2)ccn1. The Kier molecular flexibility index (Phi) is 3.14. The van der Waals surface area contributed by atoms with Gasteiger partial charge in [0.1, 0.15) is 5.52 Å². The normalized spacial score (nSPS) is 10.7. The maximum Gasteiger partial charge on any atom is 0.255 e. The average molecular weight is 268 g/mol. The highest BCUT2D eigenvalue weighted by atomic mass is 16.3. The molecule has 0 unspecified atom stereocenters. The molecule has 0 aliphatic heterocycles. The van der Waals surface area contributed by atoms with Gasteiger partial charge in [0.05, 0.1) is 5.69 Å². The molecule has 0 bridgehead atoms. The second kappa shape index (κ2) is 5.10. The van der Waals surface area contributed by atoms with Gasteiger partial charge >= 0.3 is 0 Å². The van der Waals surface area contributed by atoms with Gasteiger partial charge in [0.25, 0.3) is 5.91 Å². The predicted octanol–water partition coefficient (Wildman–Crippen LogP) is 1.93. The topological polar surface area (TPSA) is 94.0 Å². The summed E-state index contributed by atoms with van der Waals surface area (Å²) in [6.45, 7) is 0.297. The van der Waals surface area contributed by atoms with E-state index in [1.807, 2.05) is 0 Å². The van der Waals surface area contributed by atoms with Gasteiger partial charge in [0, 0.05) is 30.1 Å². The van der Waals surface area contributed by atoms with Gasteiger partial charge in [-0.3, -0.25) is 9.78 Å². The number of nitrogens with one attached hydrogen (secondary N) is 1. The summed E-state index contributed by atoms with van der Waals surface area (Å²) >= 11 is 0. The van der Waals surface area contributed by atoms with E-state index in [-0.39, 0.29) is 5.91 Å². The number of nitrogens with zero attached hydrogens (tertiary/aromatic N) is 2. The van der Waals surface area contributed by atoms with Crippen molar-refractivity contribution in [2.75, 3.05) is 5.32 Å². The minimum Gasteiger partial charge on any atom is -0.443 e. The number of hydrogen-bond acceptors (Lipinski definition) is 5. The van der Waals surface area contributed by atoms with Crippen LogP contribution in [-0.2, 0) is 6.54 Å². The molecule has 3 N–H and O–H groups in total. The first-order chi connectivity index (χ1) is 9.76. The number of carbonyl (C=O) groups excluding carboxylic acids is 1. The van der Waals surface area contributed by atoms with Crippen LogP contribution in [0.3, 0.4) is 0 Å². The Bertz CT molecular complexity index is 766. The van der Waals surface area contributed by atoms with Crippen molar-refractivity contribution >= 4 is 22.7 Å². The first-order valence-electron chi connectivity index (χ1n) is 6.06. The smallest absolute Gasteiger partial charge is 0.255 e. The number of aromatic nitrogens is 2. The first kappa shape index (κ1) is 12.3. The van der Waals surface area contributed by atoms with E-state index in [4.69, 9.17) is 10.2 Å². The number of carbonyl (C=O) groups is 1. The van der Waals surface area contributed by atoms with Crippen molar-refractivity contribution in [2.24, 2.45) is 5.73 Å². The Morgan fingerprint density at radius 3 is 3.00 bits per heavy atom. The van der Waals surface area contributed by atoms with Crippen LogP contribution >= 0.6 is 0 Å². The van der Waals surface area contributed by atoms with E-state index < -0.39 is 0 Å². The van der Waals surface area contributed by atoms with Gasteiger partial charge < -0.3 is 15.5 Å². The van der Waals surface area contributed by atoms with E-state index in [9.17, 15) is 4.79 Å². The summed E-state index contributed by atoms with van der Waals surface area (Å²) in [6, 6.07) is 8.59. The third kappa shape index (κ3) is 2.36. The highest BCUT2D eigenvalue weighted by Crippen LogP contribution is 2.18. The molecule has 1 aromatic carbocycles. The lowest BCUT2D eigenvalue weighted by Gasteiger charge is -2.05. The van der Waals surface area contributed by atoms with Crippen molar-refractivity contribution in [3.8, 4) is 0 Å². The van der Waals surface area contributed by atoms with Crippen LogP contribution in [0.2, 0.25) is 0 Å². The second-order valence-corrected chi connectivity index (χ2v) is 4.23. The molecular weight excluding hydrogens is 256 g/mol. The summed E-state index contributed by atoms with van der Waals surface area (Å²) in [5, 5.41) is 2.80. The monoisotopic (exact) mass is 268 g/mol. The van der Waals surface area contributed by atoms with Crippen molar-refractivity contribution in [1.82, 2.24) is 9.97 Å². The Hall–Kier alpha value is -2.73. The van der Waals surface area contributed by atoms with E-state index in [1.165, 1.54) is 6.39 Å². The highest BCUT2D eigenvalue weighted by molar-refractivity contribution is 6.04. The van der Waals surface area contributed by atoms with Gasteiger partial charge in [-0.05, 0) is 24.3 Å². The van der Waals surface area contributed by atoms with E-state index >= 15 is 0 Å². The number of nitrogens with two attached hydrogens (primary N) is 1. The zero-order valence-corrected chi connectivity index (χ0v) is 10.5. The van der Waals surface area contributed by atoms with E-state index in [1.54, 1.807) is 36.5 Å². The zero-order valence-electron chi connectivity index (χ0n) is 10.5. The standard InChI is InChI=1S/C14H12N4O2/c15-7-11-5-9(3-4-16-11)14(19)18-10-1-2-12-13(6-10)20-8-17-12/h1-6,8H,7,15H2,(H,18,19). The Morgan fingerprint density at radius 2 is 2.15 bits per heavy atom. The molecule has 0 radical (unpaired) electrons. The number of fused-ring (bicyclic) bond motifs is 1. The molecule has 20 heavy (non-hydrogen) atoms. The lowest BCUT2D eigenvalue weighted by molar-refractivity contribution is 0.102. The summed E-state index contributed by atoms with van der Waals surface area (Å²) < 4.78 is 5.19. The molecule has 2 aromatic heterocycles. The molecule has 0 atom stereocenters. The fourth-order valence-electron chi connectivity index (χ4n) is 1.87. The molecule has 6 nitrogen and oxygen atoms in total. The molecule has 2 heterocycles. The number of amides is 1. The number of oxazole rings is 1. The van der Waals surface area contributed by atoms with Gasteiger partial charge in [-0.15, -0.1) is 0 Å². The summed E-state index contributed by atoms with van der Waals surface area (Å²) in [5.74, 6) is -0.221. The van der Waals surface area contributed by atoms with Crippen LogP contribution in [0.25, 0.3) is 11.1 Å². The first-order valence-corrected chi connectivity index (χ1v) is 6.06. The predicted molar refractivity (Wildman–Crippen MR) is 74.1 cm³/mol. The second-order valence-electron chi connectivity index (χ2n) is 4.23. The molecular formula is C14H12N4O2. The minimum atomic E-state index is -0.221. The van der Waals surface area contributed by atoms with Gasteiger partial charge in [-0.25, -0.2) is 4.98 Å². The maximum absolute atomic E-state index is 12.1. The lowest BCUT2D eigenvalue weighted by atomic mass is 10.2. The fourth-order valence-corrected chi connectivity index (χ4v) is 1.87.